The zero-order valence-corrected chi connectivity index (χ0v) is 16.2. The number of esters is 1. The Bertz CT molecular complexity index is 927. The molecule has 0 radical (unpaired) electrons. The number of amides is 2. The van der Waals surface area contributed by atoms with Crippen molar-refractivity contribution in [3.05, 3.63) is 59.2 Å². The zero-order chi connectivity index (χ0) is 20.8. The fraction of sp³-hybridized carbons (Fsp3) is 0.286. The van der Waals surface area contributed by atoms with E-state index >= 15 is 0 Å². The molecule has 2 aromatic carbocycles. The first kappa shape index (κ1) is 20.2. The fourth-order valence-corrected chi connectivity index (χ4v) is 2.79. The maximum absolute atomic E-state index is 12.0. The SMILES string of the molecule is Cc1cccc(C(=O)NCC(=O)OCC(=O)N[C@@H](C)c2ccc3c(c2)OCO3)c1. The molecular weight excluding hydrogens is 376 g/mol. The van der Waals surface area contributed by atoms with E-state index in [9.17, 15) is 14.4 Å². The minimum absolute atomic E-state index is 0.176. The van der Waals surface area contributed by atoms with Crippen LogP contribution >= 0.6 is 0 Å². The number of ether oxygens (including phenoxy) is 3. The van der Waals surface area contributed by atoms with Gasteiger partial charge in [-0.3, -0.25) is 14.4 Å². The Kier molecular flexibility index (Phi) is 6.33. The van der Waals surface area contributed by atoms with Gasteiger partial charge in [-0.15, -0.1) is 0 Å². The van der Waals surface area contributed by atoms with Crippen molar-refractivity contribution >= 4 is 17.8 Å². The third-order valence-corrected chi connectivity index (χ3v) is 4.31. The number of hydrogen-bond donors (Lipinski definition) is 2. The molecule has 3 rings (SSSR count). The number of carbonyl (C=O) groups is 3. The minimum Gasteiger partial charge on any atom is -0.454 e. The molecule has 0 aliphatic carbocycles. The maximum Gasteiger partial charge on any atom is 0.325 e. The highest BCUT2D eigenvalue weighted by molar-refractivity contribution is 5.96. The second kappa shape index (κ2) is 9.09. The lowest BCUT2D eigenvalue weighted by atomic mass is 10.1. The average molecular weight is 398 g/mol. The number of benzene rings is 2. The van der Waals surface area contributed by atoms with Crippen LogP contribution in [0.5, 0.6) is 11.5 Å². The summed E-state index contributed by atoms with van der Waals surface area (Å²) in [6.45, 7) is 3.09. The van der Waals surface area contributed by atoms with E-state index in [-0.39, 0.29) is 25.3 Å². The van der Waals surface area contributed by atoms with Crippen molar-refractivity contribution in [3.8, 4) is 11.5 Å². The van der Waals surface area contributed by atoms with Gasteiger partial charge in [0.2, 0.25) is 6.79 Å². The van der Waals surface area contributed by atoms with Gasteiger partial charge in [0.25, 0.3) is 11.8 Å². The van der Waals surface area contributed by atoms with Gasteiger partial charge in [0.1, 0.15) is 6.54 Å². The fourth-order valence-electron chi connectivity index (χ4n) is 2.79. The van der Waals surface area contributed by atoms with E-state index in [4.69, 9.17) is 14.2 Å². The highest BCUT2D eigenvalue weighted by Crippen LogP contribution is 2.34. The lowest BCUT2D eigenvalue weighted by molar-refractivity contribution is -0.147. The lowest BCUT2D eigenvalue weighted by Gasteiger charge is -2.15. The summed E-state index contributed by atoms with van der Waals surface area (Å²) >= 11 is 0. The van der Waals surface area contributed by atoms with Crippen molar-refractivity contribution in [3.63, 3.8) is 0 Å². The Morgan fingerprint density at radius 3 is 2.69 bits per heavy atom. The Morgan fingerprint density at radius 1 is 1.10 bits per heavy atom. The third kappa shape index (κ3) is 5.47. The van der Waals surface area contributed by atoms with Crippen molar-refractivity contribution in [1.82, 2.24) is 10.6 Å². The summed E-state index contributed by atoms with van der Waals surface area (Å²) in [5.41, 5.74) is 2.22. The highest BCUT2D eigenvalue weighted by Gasteiger charge is 2.17. The van der Waals surface area contributed by atoms with Gasteiger partial charge in [0.05, 0.1) is 6.04 Å². The third-order valence-electron chi connectivity index (χ3n) is 4.31. The molecule has 2 aromatic rings. The van der Waals surface area contributed by atoms with Crippen molar-refractivity contribution in [2.45, 2.75) is 19.9 Å². The molecule has 1 aliphatic rings. The van der Waals surface area contributed by atoms with Crippen LogP contribution in [0.4, 0.5) is 0 Å². The Balaban J connectivity index is 1.40. The summed E-state index contributed by atoms with van der Waals surface area (Å²) in [6, 6.07) is 12.1. The van der Waals surface area contributed by atoms with Crippen LogP contribution in [-0.4, -0.2) is 37.7 Å². The number of hydrogen-bond acceptors (Lipinski definition) is 6. The summed E-state index contributed by atoms with van der Waals surface area (Å²) in [7, 11) is 0. The first-order valence-corrected chi connectivity index (χ1v) is 9.12. The second-order valence-electron chi connectivity index (χ2n) is 6.61. The van der Waals surface area contributed by atoms with Crippen molar-refractivity contribution in [2.75, 3.05) is 19.9 Å². The van der Waals surface area contributed by atoms with Crippen molar-refractivity contribution in [1.29, 1.82) is 0 Å². The van der Waals surface area contributed by atoms with Gasteiger partial charge in [-0.05, 0) is 43.7 Å². The van der Waals surface area contributed by atoms with Gasteiger partial charge >= 0.3 is 5.97 Å². The van der Waals surface area contributed by atoms with Crippen molar-refractivity contribution < 1.29 is 28.6 Å². The molecule has 0 saturated heterocycles. The Morgan fingerprint density at radius 2 is 1.90 bits per heavy atom. The van der Waals surface area contributed by atoms with Crippen LogP contribution in [-0.2, 0) is 14.3 Å². The molecule has 1 atom stereocenters. The molecule has 1 heterocycles. The molecule has 8 heteroatoms. The molecule has 1 aliphatic heterocycles. The molecule has 0 aromatic heterocycles. The number of aryl methyl sites for hydroxylation is 1. The minimum atomic E-state index is -0.697. The van der Waals surface area contributed by atoms with Gasteiger partial charge in [-0.2, -0.15) is 0 Å². The molecular formula is C21H22N2O6. The standard InChI is InChI=1S/C21H22N2O6/c1-13-4-3-5-16(8-13)21(26)22-10-20(25)27-11-19(24)23-14(2)15-6-7-17-18(9-15)29-12-28-17/h3-9,14H,10-12H2,1-2H3,(H,22,26)(H,23,24)/t14-/m0/s1. The van der Waals surface area contributed by atoms with E-state index in [0.29, 0.717) is 17.1 Å². The molecule has 0 saturated carbocycles. The van der Waals surface area contributed by atoms with Gasteiger partial charge < -0.3 is 24.8 Å². The van der Waals surface area contributed by atoms with Crippen LogP contribution in [0.1, 0.15) is 34.5 Å². The molecule has 8 nitrogen and oxygen atoms in total. The summed E-state index contributed by atoms with van der Waals surface area (Å²) in [5.74, 6) is -0.245. The van der Waals surface area contributed by atoms with E-state index in [2.05, 4.69) is 10.6 Å². The predicted octanol–water partition coefficient (Wildman–Crippen LogP) is 1.87. The van der Waals surface area contributed by atoms with Gasteiger partial charge in [-0.1, -0.05) is 23.8 Å². The smallest absolute Gasteiger partial charge is 0.325 e. The van der Waals surface area contributed by atoms with Crippen LogP contribution < -0.4 is 20.1 Å². The molecule has 0 fully saturated rings. The van der Waals surface area contributed by atoms with Crippen LogP contribution in [0.3, 0.4) is 0 Å². The summed E-state index contributed by atoms with van der Waals surface area (Å²) in [6.07, 6.45) is 0. The summed E-state index contributed by atoms with van der Waals surface area (Å²) in [4.78, 5) is 35.8. The monoisotopic (exact) mass is 398 g/mol. The molecule has 0 spiro atoms. The average Bonchev–Trinajstić information content (AvgIpc) is 3.18. The quantitative estimate of drug-likeness (QED) is 0.691. The largest absolute Gasteiger partial charge is 0.454 e. The number of fused-ring (bicyclic) bond motifs is 1. The molecule has 0 unspecified atom stereocenters. The maximum atomic E-state index is 12.0. The van der Waals surface area contributed by atoms with Gasteiger partial charge in [0, 0.05) is 5.56 Å². The molecule has 2 N–H and O–H groups in total. The predicted molar refractivity (Wildman–Crippen MR) is 104 cm³/mol. The Hall–Kier alpha value is -3.55. The van der Waals surface area contributed by atoms with E-state index in [1.165, 1.54) is 0 Å². The summed E-state index contributed by atoms with van der Waals surface area (Å²) in [5, 5.41) is 5.21. The normalized spacial score (nSPS) is 12.8. The van der Waals surface area contributed by atoms with E-state index in [1.807, 2.05) is 19.1 Å². The molecule has 0 bridgehead atoms. The van der Waals surface area contributed by atoms with Crippen LogP contribution in [0.2, 0.25) is 0 Å². The first-order chi connectivity index (χ1) is 13.9. The molecule has 29 heavy (non-hydrogen) atoms. The van der Waals surface area contributed by atoms with E-state index in [1.54, 1.807) is 37.3 Å². The van der Waals surface area contributed by atoms with Crippen LogP contribution in [0, 0.1) is 6.92 Å². The van der Waals surface area contributed by atoms with E-state index < -0.39 is 18.5 Å². The van der Waals surface area contributed by atoms with Crippen LogP contribution in [0.15, 0.2) is 42.5 Å². The van der Waals surface area contributed by atoms with Crippen molar-refractivity contribution in [2.24, 2.45) is 0 Å². The highest BCUT2D eigenvalue weighted by atomic mass is 16.7. The number of rotatable bonds is 7. The van der Waals surface area contributed by atoms with E-state index in [0.717, 1.165) is 11.1 Å². The first-order valence-electron chi connectivity index (χ1n) is 9.12. The molecule has 2 amide bonds. The Labute approximate surface area is 168 Å². The number of nitrogens with one attached hydrogen (secondary N) is 2. The lowest BCUT2D eigenvalue weighted by Crippen LogP contribution is -2.34. The van der Waals surface area contributed by atoms with Crippen LogP contribution in [0.25, 0.3) is 0 Å². The zero-order valence-electron chi connectivity index (χ0n) is 16.2. The topological polar surface area (TPSA) is 103 Å². The second-order valence-corrected chi connectivity index (χ2v) is 6.61. The van der Waals surface area contributed by atoms with Gasteiger partial charge in [-0.25, -0.2) is 0 Å². The van der Waals surface area contributed by atoms with Gasteiger partial charge in [0.15, 0.2) is 18.1 Å². The molecule has 152 valence electrons. The number of carbonyl (C=O) groups excluding carboxylic acids is 3. The summed E-state index contributed by atoms with van der Waals surface area (Å²) < 4.78 is 15.5.